The Balaban J connectivity index is 1.83. The molecule has 1 N–H and O–H groups in total. The van der Waals surface area contributed by atoms with Crippen molar-refractivity contribution >= 4 is 16.9 Å². The van der Waals surface area contributed by atoms with E-state index in [-0.39, 0.29) is 0 Å². The lowest BCUT2D eigenvalue weighted by Gasteiger charge is -2.14. The first-order chi connectivity index (χ1) is 8.24. The summed E-state index contributed by atoms with van der Waals surface area (Å²) in [4.78, 5) is 8.54. The number of hydrogen-bond acceptors (Lipinski definition) is 4. The van der Waals surface area contributed by atoms with Gasteiger partial charge in [-0.25, -0.2) is 9.97 Å². The fourth-order valence-electron chi connectivity index (χ4n) is 2.22. The summed E-state index contributed by atoms with van der Waals surface area (Å²) in [5.74, 6) is 1.82. The molecular formula is C12H17N5. The molecule has 5 heteroatoms. The molecule has 1 fully saturated rings. The van der Waals surface area contributed by atoms with Crippen molar-refractivity contribution in [2.75, 3.05) is 5.32 Å². The molecule has 1 unspecified atom stereocenters. The largest absolute Gasteiger partial charge is 0.367 e. The van der Waals surface area contributed by atoms with Crippen LogP contribution in [0.2, 0.25) is 0 Å². The van der Waals surface area contributed by atoms with Crippen LogP contribution in [0.4, 0.5) is 5.82 Å². The molecule has 0 radical (unpaired) electrons. The first kappa shape index (κ1) is 10.5. The Bertz CT molecular complexity index is 529. The van der Waals surface area contributed by atoms with Gasteiger partial charge < -0.3 is 5.32 Å². The van der Waals surface area contributed by atoms with Crippen LogP contribution in [0.5, 0.6) is 0 Å². The van der Waals surface area contributed by atoms with Gasteiger partial charge in [-0.1, -0.05) is 12.8 Å². The summed E-state index contributed by atoms with van der Waals surface area (Å²) < 4.78 is 1.77. The number of anilines is 1. The van der Waals surface area contributed by atoms with Gasteiger partial charge in [0.15, 0.2) is 5.65 Å². The van der Waals surface area contributed by atoms with Crippen LogP contribution in [0, 0.1) is 5.92 Å². The number of rotatable bonds is 4. The zero-order valence-corrected chi connectivity index (χ0v) is 10.2. The highest BCUT2D eigenvalue weighted by Gasteiger charge is 2.23. The van der Waals surface area contributed by atoms with Gasteiger partial charge in [-0.3, -0.25) is 4.68 Å². The standard InChI is InChI=1S/C12H17N5/c1-8(5-9-3-4-9)16-11-10-6-15-17(2)12(10)14-7-13-11/h6-9H,3-5H2,1-2H3,(H,13,14,16). The number of fused-ring (bicyclic) bond motifs is 1. The monoisotopic (exact) mass is 231 g/mol. The predicted molar refractivity (Wildman–Crippen MR) is 66.7 cm³/mol. The zero-order valence-electron chi connectivity index (χ0n) is 10.2. The topological polar surface area (TPSA) is 55.6 Å². The number of aromatic nitrogens is 4. The highest BCUT2D eigenvalue weighted by Crippen LogP contribution is 2.34. The van der Waals surface area contributed by atoms with Crippen LogP contribution in [0.1, 0.15) is 26.2 Å². The predicted octanol–water partition coefficient (Wildman–Crippen LogP) is 1.96. The van der Waals surface area contributed by atoms with Gasteiger partial charge in [0, 0.05) is 13.1 Å². The van der Waals surface area contributed by atoms with Gasteiger partial charge >= 0.3 is 0 Å². The Labute approximate surface area is 100 Å². The highest BCUT2D eigenvalue weighted by molar-refractivity contribution is 5.86. The summed E-state index contributed by atoms with van der Waals surface area (Å²) >= 11 is 0. The molecule has 2 aromatic heterocycles. The molecule has 1 aliphatic carbocycles. The molecule has 1 aliphatic rings. The lowest BCUT2D eigenvalue weighted by atomic mass is 10.1. The molecule has 1 saturated carbocycles. The molecule has 5 nitrogen and oxygen atoms in total. The van der Waals surface area contributed by atoms with Crippen LogP contribution < -0.4 is 5.32 Å². The molecule has 17 heavy (non-hydrogen) atoms. The normalized spacial score (nSPS) is 17.3. The minimum absolute atomic E-state index is 0.459. The fraction of sp³-hybridized carbons (Fsp3) is 0.583. The third-order valence-electron chi connectivity index (χ3n) is 3.30. The van der Waals surface area contributed by atoms with Crippen molar-refractivity contribution < 1.29 is 0 Å². The number of aryl methyl sites for hydroxylation is 1. The molecule has 2 aromatic rings. The molecule has 0 aliphatic heterocycles. The maximum atomic E-state index is 4.31. The van der Waals surface area contributed by atoms with Gasteiger partial charge in [-0.2, -0.15) is 5.10 Å². The van der Waals surface area contributed by atoms with E-state index in [1.54, 1.807) is 11.0 Å². The van der Waals surface area contributed by atoms with Crippen molar-refractivity contribution in [3.05, 3.63) is 12.5 Å². The molecule has 90 valence electrons. The van der Waals surface area contributed by atoms with E-state index < -0.39 is 0 Å². The molecule has 0 spiro atoms. The van der Waals surface area contributed by atoms with Crippen LogP contribution in [-0.2, 0) is 7.05 Å². The van der Waals surface area contributed by atoms with Crippen molar-refractivity contribution in [1.29, 1.82) is 0 Å². The second kappa shape index (κ2) is 3.98. The van der Waals surface area contributed by atoms with Crippen molar-refractivity contribution in [1.82, 2.24) is 19.7 Å². The van der Waals surface area contributed by atoms with E-state index in [1.807, 2.05) is 13.2 Å². The minimum Gasteiger partial charge on any atom is -0.367 e. The van der Waals surface area contributed by atoms with Crippen molar-refractivity contribution in [3.63, 3.8) is 0 Å². The number of nitrogens with one attached hydrogen (secondary N) is 1. The molecule has 0 bridgehead atoms. The SMILES string of the molecule is CC(CC1CC1)Nc1ncnc2c1cnn2C. The van der Waals surface area contributed by atoms with Crippen molar-refractivity contribution in [2.45, 2.75) is 32.2 Å². The summed E-state index contributed by atoms with van der Waals surface area (Å²) in [6.45, 7) is 2.21. The van der Waals surface area contributed by atoms with Gasteiger partial charge in [-0.15, -0.1) is 0 Å². The third-order valence-corrected chi connectivity index (χ3v) is 3.30. The van der Waals surface area contributed by atoms with E-state index in [0.717, 1.165) is 22.8 Å². The van der Waals surface area contributed by atoms with Gasteiger partial charge in [-0.05, 0) is 19.3 Å². The average molecular weight is 231 g/mol. The summed E-state index contributed by atoms with van der Waals surface area (Å²) in [5.41, 5.74) is 0.876. The Kier molecular flexibility index (Phi) is 2.46. The maximum Gasteiger partial charge on any atom is 0.163 e. The summed E-state index contributed by atoms with van der Waals surface area (Å²) in [6, 6.07) is 0.459. The van der Waals surface area contributed by atoms with Gasteiger partial charge in [0.1, 0.15) is 12.1 Å². The van der Waals surface area contributed by atoms with Crippen LogP contribution in [-0.4, -0.2) is 25.8 Å². The van der Waals surface area contributed by atoms with Crippen LogP contribution in [0.15, 0.2) is 12.5 Å². The minimum atomic E-state index is 0.459. The fourth-order valence-corrected chi connectivity index (χ4v) is 2.22. The van der Waals surface area contributed by atoms with Crippen molar-refractivity contribution in [3.8, 4) is 0 Å². The van der Waals surface area contributed by atoms with Crippen LogP contribution in [0.3, 0.4) is 0 Å². The van der Waals surface area contributed by atoms with Gasteiger partial charge in [0.25, 0.3) is 0 Å². The molecule has 0 amide bonds. The summed E-state index contributed by atoms with van der Waals surface area (Å²) in [5, 5.41) is 8.67. The van der Waals surface area contributed by atoms with Gasteiger partial charge in [0.2, 0.25) is 0 Å². The molecular weight excluding hydrogens is 214 g/mol. The average Bonchev–Trinajstić information content (AvgIpc) is 3.03. The smallest absolute Gasteiger partial charge is 0.163 e. The Hall–Kier alpha value is -1.65. The van der Waals surface area contributed by atoms with Gasteiger partial charge in [0.05, 0.1) is 11.6 Å². The number of hydrogen-bond donors (Lipinski definition) is 1. The number of nitrogens with zero attached hydrogens (tertiary/aromatic N) is 4. The van der Waals surface area contributed by atoms with E-state index in [2.05, 4.69) is 27.3 Å². The van der Waals surface area contributed by atoms with E-state index in [9.17, 15) is 0 Å². The molecule has 1 atom stereocenters. The Morgan fingerprint density at radius 3 is 3.06 bits per heavy atom. The first-order valence-electron chi connectivity index (χ1n) is 6.13. The van der Waals surface area contributed by atoms with E-state index in [1.165, 1.54) is 19.3 Å². The molecule has 0 saturated heterocycles. The first-order valence-corrected chi connectivity index (χ1v) is 6.13. The zero-order chi connectivity index (χ0) is 11.8. The third kappa shape index (κ3) is 2.09. The van der Waals surface area contributed by atoms with Crippen LogP contribution >= 0.6 is 0 Å². The lowest BCUT2D eigenvalue weighted by molar-refractivity contribution is 0.640. The highest BCUT2D eigenvalue weighted by atomic mass is 15.3. The lowest BCUT2D eigenvalue weighted by Crippen LogP contribution is -2.16. The Morgan fingerprint density at radius 1 is 1.47 bits per heavy atom. The molecule has 2 heterocycles. The molecule has 3 rings (SSSR count). The molecule has 0 aromatic carbocycles. The van der Waals surface area contributed by atoms with Crippen LogP contribution in [0.25, 0.3) is 11.0 Å². The van der Waals surface area contributed by atoms with Crippen molar-refractivity contribution in [2.24, 2.45) is 13.0 Å². The Morgan fingerprint density at radius 2 is 2.29 bits per heavy atom. The quantitative estimate of drug-likeness (QED) is 0.874. The van der Waals surface area contributed by atoms with E-state index in [4.69, 9.17) is 0 Å². The maximum absolute atomic E-state index is 4.31. The summed E-state index contributed by atoms with van der Waals surface area (Å²) in [6.07, 6.45) is 7.42. The van der Waals surface area contributed by atoms with E-state index >= 15 is 0 Å². The summed E-state index contributed by atoms with van der Waals surface area (Å²) in [7, 11) is 1.90. The second-order valence-electron chi connectivity index (χ2n) is 4.95. The van der Waals surface area contributed by atoms with E-state index in [0.29, 0.717) is 6.04 Å². The second-order valence-corrected chi connectivity index (χ2v) is 4.95.